The normalized spacial score (nSPS) is 18.1. The van der Waals surface area contributed by atoms with Crippen LogP contribution in [0.2, 0.25) is 0 Å². The Bertz CT molecular complexity index is 606. The highest BCUT2D eigenvalue weighted by Gasteiger charge is 2.25. The molecule has 0 fully saturated rings. The topological polar surface area (TPSA) is 85.6 Å². The van der Waals surface area contributed by atoms with Gasteiger partial charge in [-0.25, -0.2) is 0 Å². The molecule has 0 unspecified atom stereocenters. The maximum atomic E-state index is 12.0. The van der Waals surface area contributed by atoms with E-state index in [0.29, 0.717) is 11.6 Å². The molecule has 0 saturated carbocycles. The summed E-state index contributed by atoms with van der Waals surface area (Å²) in [6.45, 7) is 4.92. The van der Waals surface area contributed by atoms with Crippen molar-refractivity contribution in [3.8, 4) is 0 Å². The third kappa shape index (κ3) is 2.43. The van der Waals surface area contributed by atoms with E-state index >= 15 is 0 Å². The van der Waals surface area contributed by atoms with Gasteiger partial charge < -0.3 is 9.88 Å². The zero-order chi connectivity index (χ0) is 14.1. The monoisotopic (exact) mass is 292 g/mol. The maximum absolute atomic E-state index is 12.0. The van der Waals surface area contributed by atoms with E-state index in [2.05, 4.69) is 42.7 Å². The van der Waals surface area contributed by atoms with Gasteiger partial charge >= 0.3 is 0 Å². The van der Waals surface area contributed by atoms with Crippen molar-refractivity contribution in [3.05, 3.63) is 23.5 Å². The van der Waals surface area contributed by atoms with E-state index < -0.39 is 0 Å². The van der Waals surface area contributed by atoms with Crippen molar-refractivity contribution < 1.29 is 4.79 Å². The SMILES string of the molecule is CC(C)c1nnc2n1C[C@H](NC(=O)c1cnsn1)CC2. The van der Waals surface area contributed by atoms with Gasteiger partial charge in [-0.2, -0.15) is 8.75 Å². The number of aryl methyl sites for hydroxylation is 1. The first-order valence-corrected chi connectivity index (χ1v) is 7.38. The van der Waals surface area contributed by atoms with Crippen LogP contribution in [0.3, 0.4) is 0 Å². The van der Waals surface area contributed by atoms with E-state index in [1.807, 2.05) is 0 Å². The maximum Gasteiger partial charge on any atom is 0.272 e. The summed E-state index contributed by atoms with van der Waals surface area (Å²) in [5.74, 6) is 2.16. The van der Waals surface area contributed by atoms with E-state index in [4.69, 9.17) is 0 Å². The van der Waals surface area contributed by atoms with Crippen molar-refractivity contribution in [1.82, 2.24) is 28.8 Å². The second-order valence-electron chi connectivity index (χ2n) is 5.24. The predicted octanol–water partition coefficient (Wildman–Crippen LogP) is 0.998. The van der Waals surface area contributed by atoms with Gasteiger partial charge in [0.15, 0.2) is 5.69 Å². The first-order chi connectivity index (χ1) is 9.65. The minimum absolute atomic E-state index is 0.0881. The van der Waals surface area contributed by atoms with Crippen LogP contribution in [-0.2, 0) is 13.0 Å². The number of fused-ring (bicyclic) bond motifs is 1. The van der Waals surface area contributed by atoms with Crippen LogP contribution in [0.1, 0.15) is 48.3 Å². The van der Waals surface area contributed by atoms with E-state index in [1.54, 1.807) is 0 Å². The third-order valence-electron chi connectivity index (χ3n) is 3.42. The summed E-state index contributed by atoms with van der Waals surface area (Å²) >= 11 is 1.04. The quantitative estimate of drug-likeness (QED) is 0.912. The number of carbonyl (C=O) groups is 1. The molecule has 20 heavy (non-hydrogen) atoms. The molecule has 0 radical (unpaired) electrons. The van der Waals surface area contributed by atoms with Gasteiger partial charge in [0.2, 0.25) is 0 Å². The predicted molar refractivity (Wildman–Crippen MR) is 73.6 cm³/mol. The number of hydrogen-bond acceptors (Lipinski definition) is 6. The van der Waals surface area contributed by atoms with Gasteiger partial charge in [-0.1, -0.05) is 13.8 Å². The number of hydrogen-bond donors (Lipinski definition) is 1. The van der Waals surface area contributed by atoms with Crippen molar-refractivity contribution >= 4 is 17.6 Å². The molecule has 7 nitrogen and oxygen atoms in total. The van der Waals surface area contributed by atoms with Crippen LogP contribution in [0.5, 0.6) is 0 Å². The number of carbonyl (C=O) groups excluding carboxylic acids is 1. The molecule has 1 N–H and O–H groups in total. The minimum Gasteiger partial charge on any atom is -0.346 e. The summed E-state index contributed by atoms with van der Waals surface area (Å²) in [7, 11) is 0. The van der Waals surface area contributed by atoms with Crippen molar-refractivity contribution in [2.45, 2.75) is 45.2 Å². The number of nitrogens with zero attached hydrogens (tertiary/aromatic N) is 5. The van der Waals surface area contributed by atoms with Crippen molar-refractivity contribution in [3.63, 3.8) is 0 Å². The molecule has 0 aromatic carbocycles. The van der Waals surface area contributed by atoms with Crippen LogP contribution in [0.4, 0.5) is 0 Å². The van der Waals surface area contributed by atoms with Gasteiger partial charge in [0.25, 0.3) is 5.91 Å². The Morgan fingerprint density at radius 3 is 3.05 bits per heavy atom. The Balaban J connectivity index is 1.72. The highest BCUT2D eigenvalue weighted by atomic mass is 32.1. The second-order valence-corrected chi connectivity index (χ2v) is 5.80. The molecular formula is C12H16N6OS. The van der Waals surface area contributed by atoms with Gasteiger partial charge in [-0.3, -0.25) is 4.79 Å². The fourth-order valence-electron chi connectivity index (χ4n) is 2.42. The highest BCUT2D eigenvalue weighted by molar-refractivity contribution is 6.99. The molecule has 1 amide bonds. The lowest BCUT2D eigenvalue weighted by Crippen LogP contribution is -2.41. The Morgan fingerprint density at radius 2 is 2.35 bits per heavy atom. The van der Waals surface area contributed by atoms with Gasteiger partial charge in [0.05, 0.1) is 17.9 Å². The number of rotatable bonds is 3. The molecule has 8 heteroatoms. The summed E-state index contributed by atoms with van der Waals surface area (Å²) in [6, 6.07) is 0.0881. The molecule has 0 saturated heterocycles. The number of nitrogens with one attached hydrogen (secondary N) is 1. The average Bonchev–Trinajstić information content (AvgIpc) is 3.07. The number of amides is 1. The zero-order valence-corrected chi connectivity index (χ0v) is 12.2. The molecule has 3 heterocycles. The first kappa shape index (κ1) is 13.2. The average molecular weight is 292 g/mol. The Morgan fingerprint density at radius 1 is 1.50 bits per heavy atom. The second kappa shape index (κ2) is 5.28. The standard InChI is InChI=1S/C12H16N6OS/c1-7(2)11-16-15-10-4-3-8(6-18(10)11)14-12(19)9-5-13-20-17-9/h5,7-8H,3-4,6H2,1-2H3,(H,14,19)/t8-/m1/s1. The molecule has 0 aliphatic carbocycles. The molecule has 1 aliphatic heterocycles. The Labute approximate surface area is 120 Å². The van der Waals surface area contributed by atoms with E-state index in [9.17, 15) is 4.79 Å². The van der Waals surface area contributed by atoms with Crippen LogP contribution in [0, 0.1) is 0 Å². The van der Waals surface area contributed by atoms with Crippen LogP contribution in [-0.4, -0.2) is 35.5 Å². The van der Waals surface area contributed by atoms with E-state index in [1.165, 1.54) is 6.20 Å². The lowest BCUT2D eigenvalue weighted by atomic mass is 10.1. The molecule has 2 aromatic rings. The highest BCUT2D eigenvalue weighted by Crippen LogP contribution is 2.20. The van der Waals surface area contributed by atoms with Gasteiger partial charge in [-0.15, -0.1) is 10.2 Å². The van der Waals surface area contributed by atoms with E-state index in [-0.39, 0.29) is 11.9 Å². The summed E-state index contributed by atoms with van der Waals surface area (Å²) in [4.78, 5) is 12.0. The van der Waals surface area contributed by atoms with E-state index in [0.717, 1.165) is 42.8 Å². The molecule has 1 aliphatic rings. The minimum atomic E-state index is -0.161. The fourth-order valence-corrected chi connectivity index (χ4v) is 2.83. The van der Waals surface area contributed by atoms with Crippen molar-refractivity contribution in [1.29, 1.82) is 0 Å². The molecule has 2 aromatic heterocycles. The molecule has 1 atom stereocenters. The van der Waals surface area contributed by atoms with Gasteiger partial charge in [0, 0.05) is 24.9 Å². The van der Waals surface area contributed by atoms with Crippen LogP contribution >= 0.6 is 11.7 Å². The van der Waals surface area contributed by atoms with Crippen LogP contribution in [0.25, 0.3) is 0 Å². The smallest absolute Gasteiger partial charge is 0.272 e. The zero-order valence-electron chi connectivity index (χ0n) is 11.4. The van der Waals surface area contributed by atoms with Gasteiger partial charge in [-0.05, 0) is 6.42 Å². The molecule has 106 valence electrons. The van der Waals surface area contributed by atoms with Crippen molar-refractivity contribution in [2.75, 3.05) is 0 Å². The van der Waals surface area contributed by atoms with Crippen molar-refractivity contribution in [2.24, 2.45) is 0 Å². The molecule has 3 rings (SSSR count). The molecule has 0 spiro atoms. The lowest BCUT2D eigenvalue weighted by molar-refractivity contribution is 0.0923. The summed E-state index contributed by atoms with van der Waals surface area (Å²) in [5.41, 5.74) is 0.383. The summed E-state index contributed by atoms with van der Waals surface area (Å²) in [5, 5.41) is 11.5. The fraction of sp³-hybridized carbons (Fsp3) is 0.583. The first-order valence-electron chi connectivity index (χ1n) is 6.65. The Hall–Kier alpha value is -1.83. The lowest BCUT2D eigenvalue weighted by Gasteiger charge is -2.25. The summed E-state index contributed by atoms with van der Waals surface area (Å²) in [6.07, 6.45) is 3.20. The largest absolute Gasteiger partial charge is 0.346 e. The summed E-state index contributed by atoms with van der Waals surface area (Å²) < 4.78 is 9.92. The molecular weight excluding hydrogens is 276 g/mol. The van der Waals surface area contributed by atoms with Crippen LogP contribution in [0.15, 0.2) is 6.20 Å². The Kier molecular flexibility index (Phi) is 3.47. The van der Waals surface area contributed by atoms with Crippen LogP contribution < -0.4 is 5.32 Å². The molecule has 0 bridgehead atoms. The van der Waals surface area contributed by atoms with Gasteiger partial charge in [0.1, 0.15) is 11.6 Å². The third-order valence-corrected chi connectivity index (χ3v) is 3.90. The number of aromatic nitrogens is 5.